The highest BCUT2D eigenvalue weighted by molar-refractivity contribution is 5.48. The van der Waals surface area contributed by atoms with E-state index in [1.54, 1.807) is 6.07 Å². The van der Waals surface area contributed by atoms with Gasteiger partial charge in [0.1, 0.15) is 0 Å². The molecule has 1 heterocycles. The molecule has 2 rings (SSSR count). The van der Waals surface area contributed by atoms with E-state index >= 15 is 0 Å². The lowest BCUT2D eigenvalue weighted by atomic mass is 10.1. The van der Waals surface area contributed by atoms with Gasteiger partial charge in [0, 0.05) is 24.5 Å². The number of rotatable bonds is 3. The van der Waals surface area contributed by atoms with Crippen LogP contribution in [0.5, 0.6) is 0 Å². The number of aromatic nitrogens is 2. The molecule has 0 aliphatic rings. The summed E-state index contributed by atoms with van der Waals surface area (Å²) in [6, 6.07) is 4.87. The molecular formula is C10H7F2N3O2. The Kier molecular flexibility index (Phi) is 2.82. The molecule has 1 aromatic carbocycles. The molecule has 5 nitrogen and oxygen atoms in total. The second-order valence-corrected chi connectivity index (χ2v) is 3.25. The van der Waals surface area contributed by atoms with Gasteiger partial charge in [0.2, 0.25) is 0 Å². The SMILES string of the molecule is O=[N+]([O-])c1ccc(-n2cccn2)c(C(F)F)c1. The van der Waals surface area contributed by atoms with Crippen molar-refractivity contribution in [1.82, 2.24) is 9.78 Å². The summed E-state index contributed by atoms with van der Waals surface area (Å²) >= 11 is 0. The Bertz CT molecular complexity index is 540. The third kappa shape index (κ3) is 2.12. The molecule has 0 fully saturated rings. The summed E-state index contributed by atoms with van der Waals surface area (Å²) in [4.78, 5) is 9.80. The zero-order valence-electron chi connectivity index (χ0n) is 8.46. The molecule has 0 saturated carbocycles. The first-order chi connectivity index (χ1) is 8.09. The minimum absolute atomic E-state index is 0.135. The average molecular weight is 239 g/mol. The van der Waals surface area contributed by atoms with Gasteiger partial charge in [0.25, 0.3) is 12.1 Å². The quantitative estimate of drug-likeness (QED) is 0.611. The van der Waals surface area contributed by atoms with E-state index in [1.165, 1.54) is 29.2 Å². The lowest BCUT2D eigenvalue weighted by Gasteiger charge is -2.08. The van der Waals surface area contributed by atoms with Crippen molar-refractivity contribution in [3.05, 3.63) is 52.3 Å². The van der Waals surface area contributed by atoms with Gasteiger partial charge in [-0.25, -0.2) is 13.5 Å². The molecule has 88 valence electrons. The van der Waals surface area contributed by atoms with E-state index in [4.69, 9.17) is 0 Å². The molecule has 0 radical (unpaired) electrons. The van der Waals surface area contributed by atoms with Crippen molar-refractivity contribution >= 4 is 5.69 Å². The monoisotopic (exact) mass is 239 g/mol. The van der Waals surface area contributed by atoms with Crippen LogP contribution in [0.15, 0.2) is 36.7 Å². The first-order valence-electron chi connectivity index (χ1n) is 4.66. The number of nitro groups is 1. The molecule has 0 spiro atoms. The minimum atomic E-state index is -2.80. The Balaban J connectivity index is 2.57. The molecule has 0 aliphatic carbocycles. The molecule has 0 amide bonds. The van der Waals surface area contributed by atoms with Crippen LogP contribution in [0.1, 0.15) is 12.0 Å². The topological polar surface area (TPSA) is 61.0 Å². The fraction of sp³-hybridized carbons (Fsp3) is 0.100. The largest absolute Gasteiger partial charge is 0.270 e. The van der Waals surface area contributed by atoms with Crippen LogP contribution in [0.25, 0.3) is 5.69 Å². The molecule has 0 unspecified atom stereocenters. The Labute approximate surface area is 94.4 Å². The minimum Gasteiger partial charge on any atom is -0.258 e. The summed E-state index contributed by atoms with van der Waals surface area (Å²) in [6.07, 6.45) is 0.137. The van der Waals surface area contributed by atoms with Gasteiger partial charge in [-0.3, -0.25) is 10.1 Å². The van der Waals surface area contributed by atoms with Gasteiger partial charge in [-0.15, -0.1) is 0 Å². The number of nitrogens with zero attached hydrogens (tertiary/aromatic N) is 3. The molecule has 1 aromatic heterocycles. The Morgan fingerprint density at radius 2 is 2.18 bits per heavy atom. The molecule has 7 heteroatoms. The zero-order valence-corrected chi connectivity index (χ0v) is 8.46. The number of nitro benzene ring substituents is 1. The number of hydrogen-bond acceptors (Lipinski definition) is 3. The van der Waals surface area contributed by atoms with E-state index in [0.717, 1.165) is 6.07 Å². The maximum absolute atomic E-state index is 12.8. The normalized spacial score (nSPS) is 10.8. The summed E-state index contributed by atoms with van der Waals surface area (Å²) in [5, 5.41) is 14.3. The standard InChI is InChI=1S/C10H7F2N3O2/c11-10(12)8-6-7(15(16)17)2-3-9(8)14-5-1-4-13-14/h1-6,10H. The highest BCUT2D eigenvalue weighted by Crippen LogP contribution is 2.29. The third-order valence-corrected chi connectivity index (χ3v) is 2.21. The first-order valence-corrected chi connectivity index (χ1v) is 4.66. The van der Waals surface area contributed by atoms with Gasteiger partial charge in [-0.2, -0.15) is 5.10 Å². The first kappa shape index (κ1) is 11.2. The lowest BCUT2D eigenvalue weighted by Crippen LogP contribution is -2.02. The molecule has 2 aromatic rings. The summed E-state index contributed by atoms with van der Waals surface area (Å²) < 4.78 is 26.8. The number of non-ortho nitro benzene ring substituents is 1. The second-order valence-electron chi connectivity index (χ2n) is 3.25. The number of benzene rings is 1. The lowest BCUT2D eigenvalue weighted by molar-refractivity contribution is -0.385. The van der Waals surface area contributed by atoms with Crippen LogP contribution in [0, 0.1) is 10.1 Å². The molecule has 17 heavy (non-hydrogen) atoms. The van der Waals surface area contributed by atoms with Crippen molar-refractivity contribution in [2.75, 3.05) is 0 Å². The Hall–Kier alpha value is -2.31. The van der Waals surface area contributed by atoms with E-state index < -0.39 is 16.9 Å². The van der Waals surface area contributed by atoms with Gasteiger partial charge in [-0.1, -0.05) is 0 Å². The van der Waals surface area contributed by atoms with Crippen molar-refractivity contribution in [3.63, 3.8) is 0 Å². The summed E-state index contributed by atoms with van der Waals surface area (Å²) in [5.41, 5.74) is -0.644. The highest BCUT2D eigenvalue weighted by atomic mass is 19.3. The van der Waals surface area contributed by atoms with E-state index in [2.05, 4.69) is 5.10 Å². The fourth-order valence-electron chi connectivity index (χ4n) is 1.45. The maximum atomic E-state index is 12.8. The smallest absolute Gasteiger partial charge is 0.258 e. The van der Waals surface area contributed by atoms with E-state index in [-0.39, 0.29) is 11.4 Å². The van der Waals surface area contributed by atoms with Crippen molar-refractivity contribution in [3.8, 4) is 5.69 Å². The van der Waals surface area contributed by atoms with Gasteiger partial charge < -0.3 is 0 Å². The average Bonchev–Trinajstić information content (AvgIpc) is 2.81. The predicted molar refractivity (Wildman–Crippen MR) is 55.2 cm³/mol. The van der Waals surface area contributed by atoms with E-state index in [1.807, 2.05) is 0 Å². The maximum Gasteiger partial charge on any atom is 0.270 e. The van der Waals surface area contributed by atoms with Crippen LogP contribution < -0.4 is 0 Å². The zero-order chi connectivity index (χ0) is 12.4. The van der Waals surface area contributed by atoms with Crippen LogP contribution in [-0.4, -0.2) is 14.7 Å². The van der Waals surface area contributed by atoms with Crippen LogP contribution in [0.3, 0.4) is 0 Å². The van der Waals surface area contributed by atoms with Crippen LogP contribution in [-0.2, 0) is 0 Å². The molecular weight excluding hydrogens is 232 g/mol. The van der Waals surface area contributed by atoms with Crippen LogP contribution >= 0.6 is 0 Å². The van der Waals surface area contributed by atoms with Crippen molar-refractivity contribution < 1.29 is 13.7 Å². The second kappa shape index (κ2) is 4.28. The summed E-state index contributed by atoms with van der Waals surface area (Å²) in [5.74, 6) is 0. The molecule has 0 bridgehead atoms. The highest BCUT2D eigenvalue weighted by Gasteiger charge is 2.18. The third-order valence-electron chi connectivity index (χ3n) is 2.21. The van der Waals surface area contributed by atoms with E-state index in [9.17, 15) is 18.9 Å². The van der Waals surface area contributed by atoms with Gasteiger partial charge in [0.15, 0.2) is 0 Å². The van der Waals surface area contributed by atoms with Crippen molar-refractivity contribution in [2.24, 2.45) is 0 Å². The number of alkyl halides is 2. The van der Waals surface area contributed by atoms with Gasteiger partial charge >= 0.3 is 0 Å². The number of halogens is 2. The fourth-order valence-corrected chi connectivity index (χ4v) is 1.45. The predicted octanol–water partition coefficient (Wildman–Crippen LogP) is 2.72. The summed E-state index contributed by atoms with van der Waals surface area (Å²) in [6.45, 7) is 0. The summed E-state index contributed by atoms with van der Waals surface area (Å²) in [7, 11) is 0. The molecule has 0 N–H and O–H groups in total. The molecule has 0 saturated heterocycles. The van der Waals surface area contributed by atoms with Crippen LogP contribution in [0.2, 0.25) is 0 Å². The molecule has 0 atom stereocenters. The Morgan fingerprint density at radius 1 is 1.41 bits per heavy atom. The Morgan fingerprint density at radius 3 is 2.71 bits per heavy atom. The molecule has 0 aliphatic heterocycles. The van der Waals surface area contributed by atoms with Crippen molar-refractivity contribution in [2.45, 2.75) is 6.43 Å². The van der Waals surface area contributed by atoms with E-state index in [0.29, 0.717) is 0 Å². The van der Waals surface area contributed by atoms with Crippen LogP contribution in [0.4, 0.5) is 14.5 Å². The van der Waals surface area contributed by atoms with Crippen molar-refractivity contribution in [1.29, 1.82) is 0 Å². The van der Waals surface area contributed by atoms with Gasteiger partial charge in [-0.05, 0) is 12.1 Å². The van der Waals surface area contributed by atoms with Gasteiger partial charge in [0.05, 0.1) is 16.2 Å². The number of hydrogen-bond donors (Lipinski definition) is 0.